The highest BCUT2D eigenvalue weighted by Crippen LogP contribution is 2.27. The fraction of sp³-hybridized carbons (Fsp3) is 0.394. The molecule has 0 radical (unpaired) electrons. The van der Waals surface area contributed by atoms with Crippen LogP contribution < -0.4 is 11.1 Å². The molecule has 2 amide bonds. The van der Waals surface area contributed by atoms with E-state index in [1.807, 2.05) is 170 Å². The fourth-order valence-electron chi connectivity index (χ4n) is 11.2. The van der Waals surface area contributed by atoms with E-state index in [2.05, 4.69) is 10.1 Å². The number of rotatable bonds is 24. The number of carboxylic acids is 4. The van der Waals surface area contributed by atoms with Crippen LogP contribution in [0.3, 0.4) is 0 Å². The van der Waals surface area contributed by atoms with Crippen molar-refractivity contribution in [3.05, 3.63) is 269 Å². The number of hydrogen-bond acceptors (Lipinski definition) is 20. The third-order valence-electron chi connectivity index (χ3n) is 20.5. The first kappa shape index (κ1) is 109. The Morgan fingerprint density at radius 2 is 0.582 bits per heavy atom. The molecule has 0 aliphatic carbocycles. The molecule has 0 heterocycles. The van der Waals surface area contributed by atoms with Gasteiger partial charge >= 0.3 is 53.8 Å². The van der Waals surface area contributed by atoms with E-state index < -0.39 is 75.1 Å². The minimum atomic E-state index is -4.53. The third-order valence-corrected chi connectivity index (χ3v) is 21.5. The Kier molecular flexibility index (Phi) is 46.8. The van der Waals surface area contributed by atoms with Crippen molar-refractivity contribution in [1.82, 2.24) is 5.32 Å². The lowest BCUT2D eigenvalue weighted by atomic mass is 10.0. The first-order valence-electron chi connectivity index (χ1n) is 38.8. The van der Waals surface area contributed by atoms with Gasteiger partial charge in [0.05, 0.1) is 97.8 Å². The quantitative estimate of drug-likeness (QED) is 0.0117. The number of benzene rings is 8. The molecule has 10 N–H and O–H groups in total. The molecule has 8 aromatic carbocycles. The largest absolute Gasteiger partial charge is 0.478 e. The summed E-state index contributed by atoms with van der Waals surface area (Å²) in [6, 6.07) is 25.3. The molecule has 27 nitrogen and oxygen atoms in total. The van der Waals surface area contributed by atoms with Gasteiger partial charge in [-0.25, -0.2) is 43.2 Å². The lowest BCUT2D eigenvalue weighted by molar-refractivity contribution is 0.00566. The van der Waals surface area contributed by atoms with Gasteiger partial charge in [0.2, 0.25) is 0 Å². The molecule has 0 aliphatic heterocycles. The number of esters is 4. The second-order valence-electron chi connectivity index (χ2n) is 29.4. The van der Waals surface area contributed by atoms with Crippen LogP contribution in [-0.4, -0.2) is 184 Å². The zero-order valence-corrected chi connectivity index (χ0v) is 76.1. The molecule has 0 aliphatic rings. The topological polar surface area (TPSA) is 432 Å². The van der Waals surface area contributed by atoms with Crippen LogP contribution in [0.25, 0.3) is 0 Å². The van der Waals surface area contributed by atoms with Crippen LogP contribution >= 0.6 is 0 Å². The summed E-state index contributed by atoms with van der Waals surface area (Å²) in [7, 11) is -1.50. The van der Waals surface area contributed by atoms with E-state index in [0.29, 0.717) is 83.1 Å². The van der Waals surface area contributed by atoms with E-state index in [1.165, 1.54) is 53.5 Å². The second-order valence-corrected chi connectivity index (χ2v) is 30.7. The first-order chi connectivity index (χ1) is 56.7. The molecule has 1 atom stereocenters. The molecule has 0 saturated carbocycles. The average molecular weight is 1710 g/mol. The number of urea groups is 1. The van der Waals surface area contributed by atoms with Gasteiger partial charge in [0.1, 0.15) is 30.8 Å². The predicted molar refractivity (Wildman–Crippen MR) is 469 cm³/mol. The van der Waals surface area contributed by atoms with Gasteiger partial charge in [-0.2, -0.15) is 8.42 Å². The number of primary amides is 1. The zero-order valence-electron chi connectivity index (χ0n) is 75.3. The highest BCUT2D eigenvalue weighted by Gasteiger charge is 2.25. The monoisotopic (exact) mass is 1710 g/mol. The standard InChI is InChI=1S/C17H26O5.C13H18N2O3.C13H18O4.C11H14O2.C10H12O5S.3C10H12O2/c1-13-11-16(12-14(2)15(13)3)17(18)22-10-9-21-8-7-20-6-5-19-4;1-8-6-11(7-9(2)10(8)3)12(16)18-5-4-15-13(14)17;1-8-4-11(5-9(2)10(8)3)13(16)17-7-12(15)6-14;1-7-5-10(11(12)13-4)6-8(2)9(7)3;1-5-4-8(10(11)12)9(16(13,14)15)7(3)6(5)2;3*1-6-4-9(10(11)12)5-7(2)8(6)3/h11-12H,5-10H2,1-4H3;6-7H,4-5H2,1-3H3,(H3,14,15,17);4-5,12,14-15H,6-7H2,1-3H3;5-6H,1-4H3;4H,1-3H3,(H,11,12)(H,13,14,15);3*4-5H,1-3H3,(H,11,12). The van der Waals surface area contributed by atoms with Crippen LogP contribution in [0.4, 0.5) is 4.79 Å². The van der Waals surface area contributed by atoms with Crippen molar-refractivity contribution in [3.8, 4) is 0 Å². The number of aromatic carboxylic acids is 4. The molecule has 0 aromatic heterocycles. The summed E-state index contributed by atoms with van der Waals surface area (Å²) in [5.74, 6) is -5.42. The molecule has 0 bridgehead atoms. The molecule has 0 spiro atoms. The number of ether oxygens (including phenoxy) is 7. The van der Waals surface area contributed by atoms with Crippen LogP contribution in [0.15, 0.2) is 95.9 Å². The van der Waals surface area contributed by atoms with Gasteiger partial charge < -0.3 is 74.8 Å². The summed E-state index contributed by atoms with van der Waals surface area (Å²) < 4.78 is 66.5. The smallest absolute Gasteiger partial charge is 0.338 e. The Morgan fingerprint density at radius 1 is 0.336 bits per heavy atom. The van der Waals surface area contributed by atoms with E-state index >= 15 is 0 Å². The van der Waals surface area contributed by atoms with Crippen molar-refractivity contribution in [2.45, 2.75) is 177 Å². The third kappa shape index (κ3) is 36.4. The number of nitrogens with two attached hydrogens (primary N) is 1. The van der Waals surface area contributed by atoms with Crippen molar-refractivity contribution < 1.29 is 120 Å². The van der Waals surface area contributed by atoms with E-state index in [1.54, 1.807) is 81.6 Å². The predicted octanol–water partition coefficient (Wildman–Crippen LogP) is 15.9. The Hall–Kier alpha value is -11.5. The average Bonchev–Trinajstić information content (AvgIpc) is 0.776. The van der Waals surface area contributed by atoms with E-state index in [9.17, 15) is 51.6 Å². The molecule has 8 rings (SSSR count). The molecule has 1 unspecified atom stereocenters. The van der Waals surface area contributed by atoms with Crippen LogP contribution in [0.5, 0.6) is 0 Å². The lowest BCUT2D eigenvalue weighted by Crippen LogP contribution is -2.32. The molecular weight excluding hydrogens is 1590 g/mol. The minimum Gasteiger partial charge on any atom is -0.478 e. The lowest BCUT2D eigenvalue weighted by Gasteiger charge is -2.12. The molecule has 28 heteroatoms. The van der Waals surface area contributed by atoms with Crippen molar-refractivity contribution >= 4 is 63.9 Å². The fourth-order valence-corrected chi connectivity index (χ4v) is 12.2. The van der Waals surface area contributed by atoms with Gasteiger partial charge in [0, 0.05) is 7.11 Å². The zero-order chi connectivity index (χ0) is 93.7. The van der Waals surface area contributed by atoms with Gasteiger partial charge in [-0.05, 0) is 391 Å². The number of amides is 2. The number of aliphatic hydroxyl groups is 2. The normalized spacial score (nSPS) is 10.6. The highest BCUT2D eigenvalue weighted by atomic mass is 32.2. The molecule has 8 aromatic rings. The van der Waals surface area contributed by atoms with E-state index in [-0.39, 0.29) is 43.9 Å². The van der Waals surface area contributed by atoms with Crippen LogP contribution in [0, 0.1) is 166 Å². The first-order valence-corrected chi connectivity index (χ1v) is 40.3. The van der Waals surface area contributed by atoms with Crippen molar-refractivity contribution in [2.75, 3.05) is 80.2 Å². The van der Waals surface area contributed by atoms with Crippen LogP contribution in [0.1, 0.15) is 216 Å². The Bertz CT molecular complexity index is 4800. The maximum atomic E-state index is 12.0. The number of carboxylic acid groups (broad SMARTS) is 4. The number of nitrogens with one attached hydrogen (secondary N) is 1. The molecule has 666 valence electrons. The van der Waals surface area contributed by atoms with Crippen molar-refractivity contribution in [2.24, 2.45) is 5.73 Å². The SMILES string of the molecule is COC(=O)c1cc(C)c(C)c(C)c1.COCCOCCOCCOC(=O)c1cc(C)c(C)c(C)c1.Cc1cc(C(=O)O)c(S(=O)(=O)O)c(C)c1C.Cc1cc(C(=O)O)cc(C)c1C.Cc1cc(C(=O)O)cc(C)c1C.Cc1cc(C(=O)O)cc(C)c1C.Cc1cc(C(=O)OCC(O)CO)cc(C)c1C.Cc1cc(C(=O)OCCNC(N)=O)cc(C)c1C. The van der Waals surface area contributed by atoms with Gasteiger partial charge in [0.25, 0.3) is 10.1 Å². The summed E-state index contributed by atoms with van der Waals surface area (Å²) in [6.45, 7) is 48.6. The summed E-state index contributed by atoms with van der Waals surface area (Å²) in [4.78, 5) is 99.2. The highest BCUT2D eigenvalue weighted by molar-refractivity contribution is 7.86. The number of hydrogen-bond donors (Lipinski definition) is 9. The molecule has 122 heavy (non-hydrogen) atoms. The van der Waals surface area contributed by atoms with Gasteiger partial charge in [-0.1, -0.05) is 0 Å². The van der Waals surface area contributed by atoms with Crippen LogP contribution in [0.2, 0.25) is 0 Å². The molecule has 0 fully saturated rings. The van der Waals surface area contributed by atoms with Gasteiger partial charge in [-0.3, -0.25) is 4.55 Å². The summed E-state index contributed by atoms with van der Waals surface area (Å²) >= 11 is 0. The maximum Gasteiger partial charge on any atom is 0.338 e. The second kappa shape index (κ2) is 52.6. The number of aliphatic hydroxyl groups excluding tert-OH is 2. The van der Waals surface area contributed by atoms with Gasteiger partial charge in [0.15, 0.2) is 0 Å². The number of carbonyl (C=O) groups excluding carboxylic acids is 5. The van der Waals surface area contributed by atoms with Gasteiger partial charge in [-0.15, -0.1) is 0 Å². The maximum absolute atomic E-state index is 12.0. The number of carbonyl (C=O) groups is 9. The van der Waals surface area contributed by atoms with Crippen molar-refractivity contribution in [3.63, 3.8) is 0 Å². The molecular formula is C94H124N2O25S. The van der Waals surface area contributed by atoms with Crippen molar-refractivity contribution in [1.29, 1.82) is 0 Å². The summed E-state index contributed by atoms with van der Waals surface area (Å²) in [5.41, 5.74) is 32.4. The Labute approximate surface area is 717 Å². The van der Waals surface area contributed by atoms with E-state index in [0.717, 1.165) is 83.5 Å². The Balaban J connectivity index is 0.000000703. The summed E-state index contributed by atoms with van der Waals surface area (Å²) in [5, 5.41) is 55.1. The Morgan fingerprint density at radius 3 is 0.828 bits per heavy atom. The minimum absolute atomic E-state index is 0.105. The van der Waals surface area contributed by atoms with Crippen LogP contribution in [-0.2, 0) is 43.3 Å². The van der Waals surface area contributed by atoms with E-state index in [4.69, 9.17) is 69.3 Å². The summed E-state index contributed by atoms with van der Waals surface area (Å²) in [6.07, 6.45) is -1.02. The number of aryl methyl sites for hydroxylation is 15. The molecule has 0 saturated heterocycles. The number of methoxy groups -OCH3 is 2.